The third-order valence-electron chi connectivity index (χ3n) is 7.71. The maximum atomic E-state index is 14.2. The van der Waals surface area contributed by atoms with Crippen LogP contribution < -0.4 is 0 Å². The number of unbranched alkanes of at least 4 members (excludes halogenated alkanes) is 1. The van der Waals surface area contributed by atoms with Crippen molar-refractivity contribution >= 4 is 29.5 Å². The van der Waals surface area contributed by atoms with Crippen molar-refractivity contribution in [1.29, 1.82) is 0 Å². The van der Waals surface area contributed by atoms with Gasteiger partial charge in [-0.2, -0.15) is 0 Å². The predicted octanol–water partition coefficient (Wildman–Crippen LogP) is 2.94. The molecule has 1 spiro atoms. The minimum Gasteiger partial charge on any atom is -0.465 e. The number of hydrogen-bond donors (Lipinski definition) is 1. The molecular weight excluding hydrogens is 476 g/mol. The molecule has 1 N–H and O–H groups in total. The zero-order valence-corrected chi connectivity index (χ0v) is 21.3. The van der Waals surface area contributed by atoms with Crippen LogP contribution in [-0.4, -0.2) is 75.0 Å². The number of aliphatic hydroxyl groups excluding tert-OH is 1. The third kappa shape index (κ3) is 4.50. The van der Waals surface area contributed by atoms with E-state index >= 15 is 0 Å². The number of carbonyl (C=O) groups is 3. The van der Waals surface area contributed by atoms with Crippen LogP contribution in [0.1, 0.15) is 37.7 Å². The number of rotatable bonds is 6. The van der Waals surface area contributed by atoms with Gasteiger partial charge >= 0.3 is 5.97 Å². The number of benzene rings is 1. The Balaban J connectivity index is 1.53. The molecule has 2 fully saturated rings. The third-order valence-corrected chi connectivity index (χ3v) is 9.45. The second-order valence-corrected chi connectivity index (χ2v) is 11.5. The molecule has 4 aliphatic rings. The molecule has 5 rings (SSSR count). The first kappa shape index (κ1) is 25.1. The molecule has 2 amide bonds. The number of hydrogen-bond acceptors (Lipinski definition) is 6. The van der Waals surface area contributed by atoms with Gasteiger partial charge in [-0.05, 0) is 37.7 Å². The first-order chi connectivity index (χ1) is 17.6. The van der Waals surface area contributed by atoms with Crippen molar-refractivity contribution in [3.63, 3.8) is 0 Å². The van der Waals surface area contributed by atoms with E-state index in [0.717, 1.165) is 24.8 Å². The molecule has 4 aliphatic heterocycles. The van der Waals surface area contributed by atoms with Crippen LogP contribution in [0.15, 0.2) is 54.6 Å². The Morgan fingerprint density at radius 2 is 1.89 bits per heavy atom. The number of fused-ring (bicyclic) bond motifs is 2. The van der Waals surface area contributed by atoms with Crippen LogP contribution in [0.4, 0.5) is 0 Å². The maximum Gasteiger partial charge on any atom is 0.311 e. The van der Waals surface area contributed by atoms with Gasteiger partial charge in [0.2, 0.25) is 11.8 Å². The summed E-state index contributed by atoms with van der Waals surface area (Å²) in [5, 5.41) is 9.12. The van der Waals surface area contributed by atoms with Crippen molar-refractivity contribution < 1.29 is 24.2 Å². The molecule has 8 heteroatoms. The number of carbonyl (C=O) groups excluding carboxylic acids is 3. The minimum absolute atomic E-state index is 0.0336. The van der Waals surface area contributed by atoms with Gasteiger partial charge in [0.15, 0.2) is 0 Å². The van der Waals surface area contributed by atoms with Gasteiger partial charge in [-0.15, -0.1) is 11.8 Å². The minimum atomic E-state index is -0.828. The summed E-state index contributed by atoms with van der Waals surface area (Å²) in [5.41, 5.74) is 1.03. The van der Waals surface area contributed by atoms with E-state index in [0.29, 0.717) is 39.1 Å². The number of ether oxygens (including phenoxy) is 1. The van der Waals surface area contributed by atoms with Crippen LogP contribution in [-0.2, 0) is 25.7 Å². The topological polar surface area (TPSA) is 87.2 Å². The number of cyclic esters (lactones) is 1. The van der Waals surface area contributed by atoms with Gasteiger partial charge in [-0.3, -0.25) is 14.4 Å². The number of esters is 1. The Bertz CT molecular complexity index is 1040. The molecule has 36 heavy (non-hydrogen) atoms. The first-order valence-corrected chi connectivity index (χ1v) is 13.9. The van der Waals surface area contributed by atoms with Crippen LogP contribution in [0.2, 0.25) is 0 Å². The van der Waals surface area contributed by atoms with E-state index in [-0.39, 0.29) is 29.6 Å². The molecule has 0 bridgehead atoms. The molecule has 4 heterocycles. The number of thioether (sulfide) groups is 1. The summed E-state index contributed by atoms with van der Waals surface area (Å²) in [5.74, 6) is -1.85. The number of nitrogens with zero attached hydrogens (tertiary/aromatic N) is 2. The Kier molecular flexibility index (Phi) is 7.53. The highest BCUT2D eigenvalue weighted by molar-refractivity contribution is 8.02. The summed E-state index contributed by atoms with van der Waals surface area (Å²) < 4.78 is 4.82. The highest BCUT2D eigenvalue weighted by Crippen LogP contribution is 2.60. The summed E-state index contributed by atoms with van der Waals surface area (Å²) in [4.78, 5) is 45.0. The standard InChI is InChI=1S/C28H34N2O5S/c31-17-8-7-16-30-24-26(33)29(19-20-11-4-3-5-12-20)15-10-14-28(24)23(25(30)32)22-21(36-28)13-6-1-2-9-18-35-27(22)34/h3-6,10-14,21-24,31H,1-2,7-9,15-19H2/b13-6-/t21-,22+,23-,24?,28-/m0/s1. The highest BCUT2D eigenvalue weighted by Gasteiger charge is 2.70. The molecule has 5 atom stereocenters. The lowest BCUT2D eigenvalue weighted by molar-refractivity contribution is -0.153. The van der Waals surface area contributed by atoms with Gasteiger partial charge in [0, 0.05) is 31.5 Å². The molecule has 0 aliphatic carbocycles. The van der Waals surface area contributed by atoms with Gasteiger partial charge < -0.3 is 19.6 Å². The smallest absolute Gasteiger partial charge is 0.311 e. The average Bonchev–Trinajstić information content (AvgIpc) is 3.27. The van der Waals surface area contributed by atoms with Crippen molar-refractivity contribution in [2.24, 2.45) is 11.8 Å². The van der Waals surface area contributed by atoms with E-state index in [4.69, 9.17) is 4.74 Å². The van der Waals surface area contributed by atoms with Crippen LogP contribution >= 0.6 is 11.8 Å². The molecule has 1 aromatic carbocycles. The van der Waals surface area contributed by atoms with Gasteiger partial charge in [-0.25, -0.2) is 0 Å². The van der Waals surface area contributed by atoms with Gasteiger partial charge in [0.05, 0.1) is 23.2 Å². The fraction of sp³-hybridized carbons (Fsp3) is 0.536. The first-order valence-electron chi connectivity index (χ1n) is 13.0. The molecule has 1 aromatic rings. The second-order valence-electron chi connectivity index (χ2n) is 10.0. The number of amides is 2. The van der Waals surface area contributed by atoms with E-state index in [1.165, 1.54) is 0 Å². The predicted molar refractivity (Wildman–Crippen MR) is 138 cm³/mol. The Morgan fingerprint density at radius 3 is 2.69 bits per heavy atom. The van der Waals surface area contributed by atoms with Crippen molar-refractivity contribution in [1.82, 2.24) is 9.80 Å². The largest absolute Gasteiger partial charge is 0.465 e. The summed E-state index contributed by atoms with van der Waals surface area (Å²) in [6.07, 6.45) is 12.0. The lowest BCUT2D eigenvalue weighted by atomic mass is 9.78. The molecule has 2 saturated heterocycles. The molecule has 0 aromatic heterocycles. The van der Waals surface area contributed by atoms with Gasteiger partial charge in [-0.1, -0.05) is 54.6 Å². The molecule has 7 nitrogen and oxygen atoms in total. The molecule has 0 radical (unpaired) electrons. The average molecular weight is 511 g/mol. The van der Waals surface area contributed by atoms with Gasteiger partial charge in [0.25, 0.3) is 0 Å². The van der Waals surface area contributed by atoms with Crippen molar-refractivity contribution in [2.75, 3.05) is 26.3 Å². The fourth-order valence-corrected chi connectivity index (χ4v) is 8.04. The number of aliphatic hydroxyl groups is 1. The fourth-order valence-electron chi connectivity index (χ4n) is 6.04. The van der Waals surface area contributed by atoms with Crippen molar-refractivity contribution in [2.45, 2.75) is 54.7 Å². The Labute approximate surface area is 216 Å². The lowest BCUT2D eigenvalue weighted by Crippen LogP contribution is -2.53. The van der Waals surface area contributed by atoms with Crippen molar-refractivity contribution in [3.8, 4) is 0 Å². The maximum absolute atomic E-state index is 14.2. The van der Waals surface area contributed by atoms with Crippen molar-refractivity contribution in [3.05, 3.63) is 60.2 Å². The molecule has 192 valence electrons. The Morgan fingerprint density at radius 1 is 1.06 bits per heavy atom. The zero-order valence-electron chi connectivity index (χ0n) is 20.5. The quantitative estimate of drug-likeness (QED) is 0.360. The lowest BCUT2D eigenvalue weighted by Gasteiger charge is -2.35. The SMILES string of the molecule is O=C1OCCCC/C=C\[C@@H]2S[C@]34C=CCN(Cc5ccccc5)C(=O)C3N(CCCCO)C(=O)[C@@H]4[C@H]12. The van der Waals surface area contributed by atoms with E-state index < -0.39 is 22.6 Å². The second kappa shape index (κ2) is 10.8. The zero-order chi connectivity index (χ0) is 25.1. The highest BCUT2D eigenvalue weighted by atomic mass is 32.2. The normalized spacial score (nSPS) is 33.0. The Hall–Kier alpha value is -2.58. The monoisotopic (exact) mass is 510 g/mol. The van der Waals surface area contributed by atoms with Crippen LogP contribution in [0.25, 0.3) is 0 Å². The summed E-state index contributed by atoms with van der Waals surface area (Å²) in [7, 11) is 0. The summed E-state index contributed by atoms with van der Waals surface area (Å²) in [6, 6.07) is 9.16. The van der Waals surface area contributed by atoms with Crippen LogP contribution in [0.3, 0.4) is 0 Å². The van der Waals surface area contributed by atoms with E-state index in [1.807, 2.05) is 47.4 Å². The summed E-state index contributed by atoms with van der Waals surface area (Å²) >= 11 is 1.58. The molecule has 0 saturated carbocycles. The van der Waals surface area contributed by atoms with Crippen LogP contribution in [0, 0.1) is 11.8 Å². The summed E-state index contributed by atoms with van der Waals surface area (Å²) in [6.45, 7) is 1.68. The molecule has 1 unspecified atom stereocenters. The van der Waals surface area contributed by atoms with E-state index in [9.17, 15) is 19.5 Å². The molecular formula is C28H34N2O5S. The number of likely N-dealkylation sites (tertiary alicyclic amines) is 1. The van der Waals surface area contributed by atoms with Crippen LogP contribution in [0.5, 0.6) is 0 Å². The van der Waals surface area contributed by atoms with Gasteiger partial charge in [0.1, 0.15) is 6.04 Å². The van der Waals surface area contributed by atoms with E-state index in [2.05, 4.69) is 12.2 Å². The number of allylic oxidation sites excluding steroid dienone is 1. The van der Waals surface area contributed by atoms with E-state index in [1.54, 1.807) is 16.7 Å².